The number of hydrogen-bond acceptors (Lipinski definition) is 9. The number of benzene rings is 2. The van der Waals surface area contributed by atoms with E-state index in [1.165, 1.54) is 0 Å². The van der Waals surface area contributed by atoms with E-state index in [-0.39, 0.29) is 34.3 Å². The van der Waals surface area contributed by atoms with Gasteiger partial charge in [-0.2, -0.15) is 8.61 Å². The smallest absolute Gasteiger partial charge is 0.269 e. The van der Waals surface area contributed by atoms with E-state index >= 15 is 0 Å². The molecule has 1 N–H and O–H groups in total. The number of hydrogen-bond donors (Lipinski definition) is 1. The maximum Gasteiger partial charge on any atom is 0.269 e. The number of nitro benzene ring substituents is 2. The molecule has 1 saturated heterocycles. The molecule has 13 nitrogen and oxygen atoms in total. The number of sulfonamides is 2. The number of rotatable bonds is 6. The summed E-state index contributed by atoms with van der Waals surface area (Å²) in [7, 11) is -8.35. The van der Waals surface area contributed by atoms with E-state index in [9.17, 15) is 42.2 Å². The Hall–Kier alpha value is -3.24. The van der Waals surface area contributed by atoms with E-state index in [0.29, 0.717) is 18.4 Å². The molecule has 0 spiro atoms. The normalized spacial score (nSPS) is 19.0. The van der Waals surface area contributed by atoms with E-state index in [0.717, 1.165) is 57.1 Å². The zero-order chi connectivity index (χ0) is 26.7. The lowest BCUT2D eigenvalue weighted by Gasteiger charge is -2.30. The van der Waals surface area contributed by atoms with E-state index in [1.807, 2.05) is 0 Å². The van der Waals surface area contributed by atoms with Gasteiger partial charge < -0.3 is 5.11 Å². The van der Waals surface area contributed by atoms with Crippen LogP contribution in [0.25, 0.3) is 0 Å². The molecule has 0 radical (unpaired) electrons. The average Bonchev–Trinajstić information content (AvgIpc) is 2.82. The molecule has 0 saturated carbocycles. The fraction of sp³-hybridized carbons (Fsp3) is 0.333. The van der Waals surface area contributed by atoms with Crippen molar-refractivity contribution in [3.63, 3.8) is 0 Å². The number of aliphatic hydroxyl groups is 1. The topological polar surface area (TPSA) is 181 Å². The minimum Gasteiger partial charge on any atom is -0.390 e. The van der Waals surface area contributed by atoms with E-state index in [4.69, 9.17) is 0 Å². The molecule has 2 aromatic carbocycles. The van der Waals surface area contributed by atoms with Gasteiger partial charge in [-0.25, -0.2) is 16.8 Å². The van der Waals surface area contributed by atoms with Crippen LogP contribution in [-0.4, -0.2) is 72.7 Å². The first kappa shape index (κ1) is 27.3. The van der Waals surface area contributed by atoms with Crippen LogP contribution in [0.2, 0.25) is 0 Å². The summed E-state index contributed by atoms with van der Waals surface area (Å²) in [4.78, 5) is 20.0. The Morgan fingerprint density at radius 1 is 0.806 bits per heavy atom. The average molecular weight is 541 g/mol. The quantitative estimate of drug-likeness (QED) is 0.325. The molecule has 194 valence electrons. The summed E-state index contributed by atoms with van der Waals surface area (Å²) in [5.74, 6) is 0. The van der Waals surface area contributed by atoms with Crippen molar-refractivity contribution in [1.29, 1.82) is 0 Å². The zero-order valence-electron chi connectivity index (χ0n) is 19.0. The fourth-order valence-corrected chi connectivity index (χ4v) is 6.71. The highest BCUT2D eigenvalue weighted by molar-refractivity contribution is 7.89. The first-order chi connectivity index (χ1) is 16.8. The summed E-state index contributed by atoms with van der Waals surface area (Å²) in [6, 6.07) is 8.61. The third kappa shape index (κ3) is 6.11. The second-order valence-electron chi connectivity index (χ2n) is 8.17. The summed E-state index contributed by atoms with van der Waals surface area (Å²) < 4.78 is 54.8. The molecule has 1 aliphatic rings. The van der Waals surface area contributed by atoms with Crippen LogP contribution in [0, 0.1) is 20.2 Å². The predicted octanol–water partition coefficient (Wildman–Crippen LogP) is 1.90. The van der Waals surface area contributed by atoms with Crippen molar-refractivity contribution >= 4 is 31.4 Å². The molecule has 15 heteroatoms. The summed E-state index contributed by atoms with van der Waals surface area (Å²) in [5, 5.41) is 32.4. The van der Waals surface area contributed by atoms with Crippen LogP contribution in [0.4, 0.5) is 11.4 Å². The van der Waals surface area contributed by atoms with Gasteiger partial charge in [0, 0.05) is 50.4 Å². The molecule has 0 bridgehead atoms. The Labute approximate surface area is 207 Å². The Bertz CT molecular complexity index is 1360. The number of nitrogens with zero attached hydrogens (tertiary/aromatic N) is 4. The molecule has 1 atom stereocenters. The van der Waals surface area contributed by atoms with Crippen molar-refractivity contribution in [3.8, 4) is 0 Å². The monoisotopic (exact) mass is 540 g/mol. The van der Waals surface area contributed by atoms with Gasteiger partial charge in [0.2, 0.25) is 20.0 Å². The van der Waals surface area contributed by atoms with Crippen molar-refractivity contribution in [1.82, 2.24) is 8.61 Å². The Balaban J connectivity index is 1.87. The maximum absolute atomic E-state index is 13.2. The van der Waals surface area contributed by atoms with Gasteiger partial charge in [0.25, 0.3) is 11.4 Å². The van der Waals surface area contributed by atoms with Gasteiger partial charge in [0.15, 0.2) is 0 Å². The minimum atomic E-state index is -4.20. The predicted molar refractivity (Wildman–Crippen MR) is 128 cm³/mol. The molecule has 36 heavy (non-hydrogen) atoms. The van der Waals surface area contributed by atoms with Crippen LogP contribution in [0.5, 0.6) is 0 Å². The van der Waals surface area contributed by atoms with Crippen molar-refractivity contribution < 1.29 is 31.8 Å². The standard InChI is InChI=1S/C21H24N4O9S2/c1-16-3-2-12-22(35(31,32)20-8-4-17(5-9-20)24(27)28)14-19(26)15-23(13-16)36(33,34)21-10-6-18(7-11-21)25(29)30/h4-11,19,26H,1-3,12-15H2/t19-/m1/s1. The molecule has 0 aliphatic carbocycles. The van der Waals surface area contributed by atoms with Gasteiger partial charge in [-0.1, -0.05) is 12.2 Å². The summed E-state index contributed by atoms with van der Waals surface area (Å²) >= 11 is 0. The van der Waals surface area contributed by atoms with Crippen molar-refractivity contribution in [3.05, 3.63) is 80.9 Å². The Morgan fingerprint density at radius 3 is 1.67 bits per heavy atom. The molecule has 0 unspecified atom stereocenters. The fourth-order valence-electron chi connectivity index (χ4n) is 3.70. The van der Waals surface area contributed by atoms with Gasteiger partial charge in [-0.15, -0.1) is 0 Å². The number of non-ortho nitro benzene ring substituents is 2. The van der Waals surface area contributed by atoms with Crippen LogP contribution in [-0.2, 0) is 20.0 Å². The molecular formula is C21H24N4O9S2. The van der Waals surface area contributed by atoms with Crippen LogP contribution in [0.3, 0.4) is 0 Å². The van der Waals surface area contributed by atoms with Gasteiger partial charge in [0.1, 0.15) is 0 Å². The molecule has 3 rings (SSSR count). The highest BCUT2D eigenvalue weighted by atomic mass is 32.2. The van der Waals surface area contributed by atoms with Crippen LogP contribution < -0.4 is 0 Å². The van der Waals surface area contributed by atoms with Crippen molar-refractivity contribution in [2.75, 3.05) is 26.2 Å². The Morgan fingerprint density at radius 2 is 1.22 bits per heavy atom. The maximum atomic E-state index is 13.2. The first-order valence-electron chi connectivity index (χ1n) is 10.7. The van der Waals surface area contributed by atoms with Gasteiger partial charge in [-0.3, -0.25) is 20.2 Å². The molecular weight excluding hydrogens is 516 g/mol. The van der Waals surface area contributed by atoms with E-state index in [1.54, 1.807) is 0 Å². The molecule has 2 aromatic rings. The van der Waals surface area contributed by atoms with Crippen LogP contribution >= 0.6 is 0 Å². The number of aliphatic hydroxyl groups excluding tert-OH is 1. The minimum absolute atomic E-state index is 0.0184. The van der Waals surface area contributed by atoms with Crippen molar-refractivity contribution in [2.24, 2.45) is 0 Å². The van der Waals surface area contributed by atoms with Crippen LogP contribution in [0.1, 0.15) is 12.8 Å². The van der Waals surface area contributed by atoms with Gasteiger partial charge >= 0.3 is 0 Å². The zero-order valence-corrected chi connectivity index (χ0v) is 20.6. The number of β-amino-alcohol motifs (C(OH)–C–C–N with tert-alkyl or cyclic N) is 1. The largest absolute Gasteiger partial charge is 0.390 e. The first-order valence-corrected chi connectivity index (χ1v) is 13.5. The van der Waals surface area contributed by atoms with E-state index < -0.39 is 49.1 Å². The van der Waals surface area contributed by atoms with Crippen LogP contribution in [0.15, 0.2) is 70.5 Å². The second-order valence-corrected chi connectivity index (χ2v) is 12.0. The molecule has 0 aromatic heterocycles. The SMILES string of the molecule is C=C1CCCN(S(=O)(=O)c2ccc([N+](=O)[O-])cc2)C[C@@H](O)CN(S(=O)(=O)c2ccc([N+](=O)[O-])cc2)C1. The summed E-state index contributed by atoms with van der Waals surface area (Å²) in [5.41, 5.74) is -0.0768. The lowest BCUT2D eigenvalue weighted by atomic mass is 10.1. The van der Waals surface area contributed by atoms with Gasteiger partial charge in [0.05, 0.1) is 25.7 Å². The molecule has 1 fully saturated rings. The molecule has 1 heterocycles. The lowest BCUT2D eigenvalue weighted by molar-refractivity contribution is -0.385. The summed E-state index contributed by atoms with van der Waals surface area (Å²) in [6.07, 6.45) is -0.825. The lowest BCUT2D eigenvalue weighted by Crippen LogP contribution is -2.46. The second kappa shape index (κ2) is 10.8. The van der Waals surface area contributed by atoms with Gasteiger partial charge in [-0.05, 0) is 37.1 Å². The Kier molecular flexibility index (Phi) is 8.20. The van der Waals surface area contributed by atoms with Crippen molar-refractivity contribution in [2.45, 2.75) is 28.7 Å². The highest BCUT2D eigenvalue weighted by Crippen LogP contribution is 2.25. The third-order valence-corrected chi connectivity index (χ3v) is 9.24. The third-order valence-electron chi connectivity index (χ3n) is 5.54. The highest BCUT2D eigenvalue weighted by Gasteiger charge is 2.32. The molecule has 1 aliphatic heterocycles. The molecule has 0 amide bonds. The van der Waals surface area contributed by atoms with E-state index in [2.05, 4.69) is 6.58 Å². The number of nitro groups is 2. The summed E-state index contributed by atoms with van der Waals surface area (Å²) in [6.45, 7) is 2.90.